The van der Waals surface area contributed by atoms with E-state index in [-0.39, 0.29) is 30.4 Å². The molecule has 0 aliphatic rings. The molecule has 0 fully saturated rings. The second kappa shape index (κ2) is 9.05. The highest BCUT2D eigenvalue weighted by Gasteiger charge is 2.19. The number of nitrogens with zero attached hydrogens (tertiary/aromatic N) is 4. The Morgan fingerprint density at radius 3 is 2.57 bits per heavy atom. The van der Waals surface area contributed by atoms with E-state index in [9.17, 15) is 19.2 Å². The summed E-state index contributed by atoms with van der Waals surface area (Å²) in [4.78, 5) is 53.6. The van der Waals surface area contributed by atoms with E-state index in [0.717, 1.165) is 5.56 Å². The first-order valence-electron chi connectivity index (χ1n) is 10.8. The topological polar surface area (TPSA) is 153 Å². The molecule has 1 aromatic carbocycles. The number of carbonyl (C=O) groups excluding carboxylic acids is 3. The monoisotopic (exact) mass is 479 g/mol. The van der Waals surface area contributed by atoms with Crippen LogP contribution in [0.2, 0.25) is 0 Å². The van der Waals surface area contributed by atoms with Gasteiger partial charge in [0, 0.05) is 31.3 Å². The zero-order chi connectivity index (χ0) is 25.3. The number of benzene rings is 1. The number of carbonyl (C=O) groups is 3. The van der Waals surface area contributed by atoms with Crippen molar-refractivity contribution in [2.45, 2.75) is 32.9 Å². The second-order valence-corrected chi connectivity index (χ2v) is 9.02. The number of aryl methyl sites for hydroxylation is 1. The average molecular weight is 479 g/mol. The smallest absolute Gasteiger partial charge is 0.408 e. The fraction of sp³-hybridized carbons (Fsp3) is 0.304. The Balaban J connectivity index is 1.50. The Morgan fingerprint density at radius 2 is 1.83 bits per heavy atom. The highest BCUT2D eigenvalue weighted by atomic mass is 16.4. The van der Waals surface area contributed by atoms with Gasteiger partial charge >= 0.3 is 5.76 Å². The first-order chi connectivity index (χ1) is 16.5. The lowest BCUT2D eigenvalue weighted by Crippen LogP contribution is -2.46. The fourth-order valence-corrected chi connectivity index (χ4v) is 3.46. The van der Waals surface area contributed by atoms with Crippen LogP contribution in [0.4, 0.5) is 0 Å². The maximum Gasteiger partial charge on any atom is 0.419 e. The summed E-state index contributed by atoms with van der Waals surface area (Å²) in [5.74, 6) is -1.90. The third-order valence-corrected chi connectivity index (χ3v) is 5.06. The molecule has 0 aliphatic carbocycles. The van der Waals surface area contributed by atoms with Crippen molar-refractivity contribution in [3.05, 3.63) is 64.0 Å². The molecule has 0 aliphatic heterocycles. The van der Waals surface area contributed by atoms with Crippen LogP contribution in [0.5, 0.6) is 0 Å². The van der Waals surface area contributed by atoms with E-state index in [4.69, 9.17) is 4.42 Å². The minimum absolute atomic E-state index is 0.0130. The van der Waals surface area contributed by atoms with E-state index in [1.165, 1.54) is 21.3 Å². The summed E-state index contributed by atoms with van der Waals surface area (Å²) in [7, 11) is 1.60. The lowest BCUT2D eigenvalue weighted by atomic mass is 10.1. The van der Waals surface area contributed by atoms with Crippen LogP contribution in [-0.2, 0) is 18.4 Å². The highest BCUT2D eigenvalue weighted by molar-refractivity contribution is 5.99. The number of aromatic nitrogens is 4. The van der Waals surface area contributed by atoms with Gasteiger partial charge in [0.25, 0.3) is 11.8 Å². The van der Waals surface area contributed by atoms with Gasteiger partial charge in [0.1, 0.15) is 11.4 Å². The van der Waals surface area contributed by atoms with Gasteiger partial charge in [-0.05, 0) is 38.5 Å². The van der Waals surface area contributed by atoms with E-state index in [1.807, 2.05) is 20.8 Å². The van der Waals surface area contributed by atoms with E-state index in [0.29, 0.717) is 16.7 Å². The Hall–Kier alpha value is -4.48. The Morgan fingerprint density at radius 1 is 1.06 bits per heavy atom. The molecule has 0 unspecified atom stereocenters. The fourth-order valence-electron chi connectivity index (χ4n) is 3.46. The zero-order valence-corrected chi connectivity index (χ0v) is 19.7. The van der Waals surface area contributed by atoms with Crippen LogP contribution in [0.15, 0.2) is 45.7 Å². The second-order valence-electron chi connectivity index (χ2n) is 9.02. The Kier molecular flexibility index (Phi) is 6.12. The van der Waals surface area contributed by atoms with Crippen molar-refractivity contribution in [1.29, 1.82) is 0 Å². The molecule has 0 radical (unpaired) electrons. The van der Waals surface area contributed by atoms with Crippen LogP contribution >= 0.6 is 0 Å². The molecule has 0 spiro atoms. The zero-order valence-electron chi connectivity index (χ0n) is 19.7. The highest BCUT2D eigenvalue weighted by Crippen LogP contribution is 2.14. The SMILES string of the molecule is Cn1c(=O)oc2ccc(CNC(=O)c3cc(C(=O)NCC(=O)NC(C)(C)C)n4nccc4n3)cc21. The Bertz CT molecular complexity index is 1510. The lowest BCUT2D eigenvalue weighted by Gasteiger charge is -2.20. The normalized spacial score (nSPS) is 11.5. The van der Waals surface area contributed by atoms with E-state index in [1.54, 1.807) is 31.3 Å². The van der Waals surface area contributed by atoms with Crippen molar-refractivity contribution in [2.75, 3.05) is 6.54 Å². The van der Waals surface area contributed by atoms with Gasteiger partial charge in [-0.2, -0.15) is 5.10 Å². The van der Waals surface area contributed by atoms with Crippen LogP contribution in [0.25, 0.3) is 16.7 Å². The summed E-state index contributed by atoms with van der Waals surface area (Å²) in [5.41, 5.74) is 1.74. The van der Waals surface area contributed by atoms with Gasteiger partial charge in [0.2, 0.25) is 5.91 Å². The van der Waals surface area contributed by atoms with Gasteiger partial charge in [0.05, 0.1) is 18.3 Å². The van der Waals surface area contributed by atoms with Gasteiger partial charge in [-0.25, -0.2) is 14.3 Å². The van der Waals surface area contributed by atoms with E-state index in [2.05, 4.69) is 26.0 Å². The van der Waals surface area contributed by atoms with Crippen LogP contribution < -0.4 is 21.7 Å². The molecule has 3 aromatic heterocycles. The molecule has 4 aromatic rings. The molecule has 0 saturated carbocycles. The molecule has 12 heteroatoms. The molecule has 3 amide bonds. The van der Waals surface area contributed by atoms with Gasteiger partial charge < -0.3 is 20.4 Å². The number of rotatable bonds is 6. The average Bonchev–Trinajstić information content (AvgIpc) is 3.38. The lowest BCUT2D eigenvalue weighted by molar-refractivity contribution is -0.121. The van der Waals surface area contributed by atoms with Crippen molar-refractivity contribution in [1.82, 2.24) is 35.1 Å². The molecule has 182 valence electrons. The van der Waals surface area contributed by atoms with Crippen LogP contribution in [0.1, 0.15) is 47.3 Å². The minimum Gasteiger partial charge on any atom is -0.408 e. The van der Waals surface area contributed by atoms with Crippen LogP contribution in [-0.4, -0.2) is 49.0 Å². The van der Waals surface area contributed by atoms with Crippen molar-refractivity contribution in [2.24, 2.45) is 7.05 Å². The molecule has 0 saturated heterocycles. The summed E-state index contributed by atoms with van der Waals surface area (Å²) < 4.78 is 7.78. The van der Waals surface area contributed by atoms with Crippen LogP contribution in [0, 0.1) is 0 Å². The molecule has 0 bridgehead atoms. The molecule has 3 N–H and O–H groups in total. The molecular formula is C23H25N7O5. The Labute approximate surface area is 199 Å². The van der Waals surface area contributed by atoms with Gasteiger partial charge in [-0.1, -0.05) is 6.07 Å². The minimum atomic E-state index is -0.578. The van der Waals surface area contributed by atoms with E-state index < -0.39 is 23.1 Å². The van der Waals surface area contributed by atoms with Gasteiger partial charge in [-0.15, -0.1) is 0 Å². The van der Waals surface area contributed by atoms with Gasteiger partial charge in [0.15, 0.2) is 11.2 Å². The first-order valence-corrected chi connectivity index (χ1v) is 10.8. The number of nitrogens with one attached hydrogen (secondary N) is 3. The van der Waals surface area contributed by atoms with Gasteiger partial charge in [-0.3, -0.25) is 19.0 Å². The molecule has 0 atom stereocenters. The van der Waals surface area contributed by atoms with Crippen molar-refractivity contribution in [3.63, 3.8) is 0 Å². The quantitative estimate of drug-likeness (QED) is 0.369. The molecule has 12 nitrogen and oxygen atoms in total. The summed E-state index contributed by atoms with van der Waals surface area (Å²) >= 11 is 0. The number of oxazole rings is 1. The third-order valence-electron chi connectivity index (χ3n) is 5.06. The summed E-state index contributed by atoms with van der Waals surface area (Å²) in [5, 5.41) is 12.1. The van der Waals surface area contributed by atoms with Crippen molar-refractivity contribution < 1.29 is 18.8 Å². The largest absolute Gasteiger partial charge is 0.419 e. The predicted octanol–water partition coefficient (Wildman–Crippen LogP) is 0.749. The van der Waals surface area contributed by atoms with Crippen LogP contribution in [0.3, 0.4) is 0 Å². The number of hydrogen-bond donors (Lipinski definition) is 3. The third kappa shape index (κ3) is 5.21. The van der Waals surface area contributed by atoms with Crippen molar-refractivity contribution in [3.8, 4) is 0 Å². The summed E-state index contributed by atoms with van der Waals surface area (Å²) in [6.07, 6.45) is 1.46. The summed E-state index contributed by atoms with van der Waals surface area (Å²) in [6, 6.07) is 8.02. The first kappa shape index (κ1) is 23.7. The molecular weight excluding hydrogens is 454 g/mol. The molecule has 4 rings (SSSR count). The number of hydrogen-bond acceptors (Lipinski definition) is 7. The maximum absolute atomic E-state index is 12.8. The number of fused-ring (bicyclic) bond motifs is 2. The van der Waals surface area contributed by atoms with E-state index >= 15 is 0 Å². The predicted molar refractivity (Wildman–Crippen MR) is 126 cm³/mol. The molecule has 3 heterocycles. The van der Waals surface area contributed by atoms with Crippen molar-refractivity contribution >= 4 is 34.5 Å². The molecule has 35 heavy (non-hydrogen) atoms. The standard InChI is InChI=1S/C23H25N7O5/c1-23(2,3)28-19(31)12-25-21(33)16-10-14(27-18-7-8-26-30(16)18)20(32)24-11-13-5-6-17-15(9-13)29(4)22(34)35-17/h5-10H,11-12H2,1-4H3,(H,24,32)(H,25,33)(H,28,31). The summed E-state index contributed by atoms with van der Waals surface area (Å²) in [6.45, 7) is 5.43. The maximum atomic E-state index is 12.8. The number of amides is 3.